The summed E-state index contributed by atoms with van der Waals surface area (Å²) in [6, 6.07) is 13.9. The van der Waals surface area contributed by atoms with Crippen molar-refractivity contribution >= 4 is 15.9 Å². The maximum absolute atomic E-state index is 13.1. The van der Waals surface area contributed by atoms with Gasteiger partial charge in [0.25, 0.3) is 0 Å². The van der Waals surface area contributed by atoms with Gasteiger partial charge in [-0.2, -0.15) is 9.40 Å². The van der Waals surface area contributed by atoms with Gasteiger partial charge in [0, 0.05) is 13.1 Å². The van der Waals surface area contributed by atoms with Crippen LogP contribution in [0, 0.1) is 6.92 Å². The molecule has 4 rings (SSSR count). The van der Waals surface area contributed by atoms with Crippen LogP contribution in [0.2, 0.25) is 0 Å². The first-order chi connectivity index (χ1) is 14.9. The van der Waals surface area contributed by atoms with Gasteiger partial charge in [-0.05, 0) is 43.0 Å². The van der Waals surface area contributed by atoms with Crippen LogP contribution in [0.5, 0.6) is 0 Å². The summed E-state index contributed by atoms with van der Waals surface area (Å²) >= 11 is 0. The van der Waals surface area contributed by atoms with E-state index < -0.39 is 16.1 Å². The molecule has 9 heteroatoms. The summed E-state index contributed by atoms with van der Waals surface area (Å²) in [6.07, 6.45) is 4.32. The van der Waals surface area contributed by atoms with Crippen molar-refractivity contribution in [2.24, 2.45) is 0 Å². The van der Waals surface area contributed by atoms with Crippen molar-refractivity contribution in [3.05, 3.63) is 77.9 Å². The fourth-order valence-electron chi connectivity index (χ4n) is 3.78. The minimum absolute atomic E-state index is 0.221. The number of benzene rings is 2. The minimum Gasteiger partial charge on any atom is -0.351 e. The number of hydrogen-bond acceptors (Lipinski definition) is 5. The molecule has 0 aliphatic carbocycles. The number of nitrogens with one attached hydrogen (secondary N) is 1. The average molecular weight is 440 g/mol. The van der Waals surface area contributed by atoms with Crippen LogP contribution in [-0.2, 0) is 27.9 Å². The van der Waals surface area contributed by atoms with E-state index in [1.54, 1.807) is 35.3 Å². The molecule has 1 N–H and O–H groups in total. The Morgan fingerprint density at radius 2 is 1.94 bits per heavy atom. The van der Waals surface area contributed by atoms with Crippen LogP contribution in [-0.4, -0.2) is 46.0 Å². The Hall–Kier alpha value is -3.04. The molecule has 1 fully saturated rings. The molecule has 0 unspecified atom stereocenters. The monoisotopic (exact) mass is 439 g/mol. The van der Waals surface area contributed by atoms with E-state index >= 15 is 0 Å². The van der Waals surface area contributed by atoms with E-state index in [4.69, 9.17) is 0 Å². The zero-order valence-corrected chi connectivity index (χ0v) is 18.1. The number of sulfonamides is 1. The van der Waals surface area contributed by atoms with Crippen molar-refractivity contribution in [3.63, 3.8) is 0 Å². The smallest absolute Gasteiger partial charge is 0.243 e. The molecule has 0 spiro atoms. The van der Waals surface area contributed by atoms with Crippen molar-refractivity contribution in [1.82, 2.24) is 24.4 Å². The number of rotatable bonds is 7. The van der Waals surface area contributed by atoms with Gasteiger partial charge in [-0.15, -0.1) is 0 Å². The summed E-state index contributed by atoms with van der Waals surface area (Å²) < 4.78 is 29.2. The summed E-state index contributed by atoms with van der Waals surface area (Å²) in [4.78, 5) is 17.0. The van der Waals surface area contributed by atoms with Crippen molar-refractivity contribution in [2.45, 2.75) is 43.8 Å². The average Bonchev–Trinajstić information content (AvgIpc) is 3.45. The zero-order valence-electron chi connectivity index (χ0n) is 17.3. The number of aromatic nitrogens is 3. The SMILES string of the molecule is Cc1ccc(S(=O)(=O)N2CCC[C@H]2C(=O)NCc2cccc(Cn3cncn3)c2)cc1. The van der Waals surface area contributed by atoms with E-state index in [1.165, 1.54) is 10.6 Å². The molecule has 1 aliphatic heterocycles. The molecule has 3 aromatic rings. The van der Waals surface area contributed by atoms with Crippen LogP contribution < -0.4 is 5.32 Å². The second-order valence-corrected chi connectivity index (χ2v) is 9.61. The number of carbonyl (C=O) groups is 1. The summed E-state index contributed by atoms with van der Waals surface area (Å²) in [7, 11) is -3.71. The number of nitrogens with zero attached hydrogens (tertiary/aromatic N) is 4. The third-order valence-electron chi connectivity index (χ3n) is 5.40. The molecule has 162 valence electrons. The van der Waals surface area contributed by atoms with Crippen LogP contribution in [0.3, 0.4) is 0 Å². The fraction of sp³-hybridized carbons (Fsp3) is 0.318. The molecule has 1 aliphatic rings. The van der Waals surface area contributed by atoms with E-state index in [0.717, 1.165) is 16.7 Å². The lowest BCUT2D eigenvalue weighted by molar-refractivity contribution is -0.124. The van der Waals surface area contributed by atoms with E-state index in [2.05, 4.69) is 15.4 Å². The van der Waals surface area contributed by atoms with E-state index in [1.807, 2.05) is 31.2 Å². The Bertz CT molecular complexity index is 1140. The van der Waals surface area contributed by atoms with Crippen molar-refractivity contribution in [2.75, 3.05) is 6.54 Å². The molecule has 31 heavy (non-hydrogen) atoms. The van der Waals surface area contributed by atoms with Crippen LogP contribution in [0.4, 0.5) is 0 Å². The second kappa shape index (κ2) is 8.99. The fourth-order valence-corrected chi connectivity index (χ4v) is 5.44. The van der Waals surface area contributed by atoms with Crippen LogP contribution >= 0.6 is 0 Å². The minimum atomic E-state index is -3.71. The van der Waals surface area contributed by atoms with Gasteiger partial charge in [0.1, 0.15) is 18.7 Å². The van der Waals surface area contributed by atoms with Gasteiger partial charge in [0.2, 0.25) is 15.9 Å². The lowest BCUT2D eigenvalue weighted by atomic mass is 10.1. The standard InChI is InChI=1S/C22H25N5O3S/c1-17-7-9-20(10-8-17)31(29,30)27-11-3-6-21(27)22(28)24-13-18-4-2-5-19(12-18)14-26-16-23-15-25-26/h2,4-5,7-10,12,15-16,21H,3,6,11,13-14H2,1H3,(H,24,28)/t21-/m0/s1. The first-order valence-electron chi connectivity index (χ1n) is 10.2. The van der Waals surface area contributed by atoms with Gasteiger partial charge in [0.15, 0.2) is 0 Å². The molecule has 1 aromatic heterocycles. The number of hydrogen-bond donors (Lipinski definition) is 1. The van der Waals surface area contributed by atoms with Gasteiger partial charge in [-0.1, -0.05) is 42.0 Å². The first kappa shape index (κ1) is 21.2. The predicted octanol–water partition coefficient (Wildman–Crippen LogP) is 2.10. The molecule has 1 amide bonds. The van der Waals surface area contributed by atoms with Crippen molar-refractivity contribution in [1.29, 1.82) is 0 Å². The highest BCUT2D eigenvalue weighted by Crippen LogP contribution is 2.26. The van der Waals surface area contributed by atoms with Crippen molar-refractivity contribution in [3.8, 4) is 0 Å². The molecule has 0 bridgehead atoms. The lowest BCUT2D eigenvalue weighted by Crippen LogP contribution is -2.45. The normalized spacial score (nSPS) is 17.0. The topological polar surface area (TPSA) is 97.2 Å². The summed E-state index contributed by atoms with van der Waals surface area (Å²) in [5, 5.41) is 7.01. The van der Waals surface area contributed by atoms with E-state index in [9.17, 15) is 13.2 Å². The Balaban J connectivity index is 1.42. The van der Waals surface area contributed by atoms with Crippen LogP contribution in [0.1, 0.15) is 29.5 Å². The second-order valence-electron chi connectivity index (χ2n) is 7.72. The Morgan fingerprint density at radius 3 is 2.68 bits per heavy atom. The number of amides is 1. The summed E-state index contributed by atoms with van der Waals surface area (Å²) in [6.45, 7) is 3.18. The largest absolute Gasteiger partial charge is 0.351 e. The lowest BCUT2D eigenvalue weighted by Gasteiger charge is -2.23. The summed E-state index contributed by atoms with van der Waals surface area (Å²) in [5.74, 6) is -0.269. The first-order valence-corrected chi connectivity index (χ1v) is 11.6. The number of aryl methyl sites for hydroxylation is 1. The summed E-state index contributed by atoms with van der Waals surface area (Å²) in [5.41, 5.74) is 2.97. The highest BCUT2D eigenvalue weighted by molar-refractivity contribution is 7.89. The van der Waals surface area contributed by atoms with Crippen molar-refractivity contribution < 1.29 is 13.2 Å². The Labute approximate surface area is 182 Å². The van der Waals surface area contributed by atoms with Gasteiger partial charge in [-0.3, -0.25) is 4.79 Å². The molecule has 2 aromatic carbocycles. The maximum Gasteiger partial charge on any atom is 0.243 e. The van der Waals surface area contributed by atoms with Gasteiger partial charge >= 0.3 is 0 Å². The predicted molar refractivity (Wildman–Crippen MR) is 116 cm³/mol. The van der Waals surface area contributed by atoms with E-state index in [-0.39, 0.29) is 10.8 Å². The highest BCUT2D eigenvalue weighted by Gasteiger charge is 2.39. The van der Waals surface area contributed by atoms with Gasteiger partial charge in [-0.25, -0.2) is 18.1 Å². The maximum atomic E-state index is 13.1. The van der Waals surface area contributed by atoms with Crippen LogP contribution in [0.15, 0.2) is 66.1 Å². The number of carbonyl (C=O) groups excluding carboxylic acids is 1. The highest BCUT2D eigenvalue weighted by atomic mass is 32.2. The van der Waals surface area contributed by atoms with E-state index in [0.29, 0.717) is 32.5 Å². The third-order valence-corrected chi connectivity index (χ3v) is 7.33. The molecular formula is C22H25N5O3S. The molecule has 2 heterocycles. The van der Waals surface area contributed by atoms with Crippen LogP contribution in [0.25, 0.3) is 0 Å². The molecule has 1 atom stereocenters. The quantitative estimate of drug-likeness (QED) is 0.608. The van der Waals surface area contributed by atoms with Gasteiger partial charge in [0.05, 0.1) is 11.4 Å². The van der Waals surface area contributed by atoms with Gasteiger partial charge < -0.3 is 5.32 Å². The molecule has 0 saturated carbocycles. The molecule has 0 radical (unpaired) electrons. The Kier molecular flexibility index (Phi) is 6.15. The third kappa shape index (κ3) is 4.83. The molecule has 1 saturated heterocycles. The molecule has 8 nitrogen and oxygen atoms in total. The zero-order chi connectivity index (χ0) is 21.8. The molecular weight excluding hydrogens is 414 g/mol. The Morgan fingerprint density at radius 1 is 1.16 bits per heavy atom.